The first kappa shape index (κ1) is 8.86. The van der Waals surface area contributed by atoms with Crippen LogP contribution in [0.5, 0.6) is 0 Å². The van der Waals surface area contributed by atoms with Gasteiger partial charge in [0, 0.05) is 19.3 Å². The molecule has 2 atom stereocenters. The molecule has 0 aromatic rings. The van der Waals surface area contributed by atoms with Gasteiger partial charge in [0.1, 0.15) is 6.10 Å². The number of hydrogen-bond donors (Lipinski definition) is 0. The lowest BCUT2D eigenvalue weighted by atomic mass is 9.94. The van der Waals surface area contributed by atoms with Gasteiger partial charge in [-0.25, -0.2) is 0 Å². The first-order chi connectivity index (χ1) is 6.79. The third-order valence-electron chi connectivity index (χ3n) is 3.65. The molecule has 3 fully saturated rings. The summed E-state index contributed by atoms with van der Waals surface area (Å²) >= 11 is 0. The van der Waals surface area contributed by atoms with E-state index < -0.39 is 0 Å². The van der Waals surface area contributed by atoms with Gasteiger partial charge in [-0.15, -0.1) is 0 Å². The molecular weight excluding hydrogens is 180 g/mol. The first-order valence-electron chi connectivity index (χ1n) is 5.67. The van der Waals surface area contributed by atoms with Crippen molar-refractivity contribution in [1.82, 2.24) is 0 Å². The van der Waals surface area contributed by atoms with Crippen molar-refractivity contribution in [3.8, 4) is 0 Å². The molecule has 1 spiro atoms. The van der Waals surface area contributed by atoms with Gasteiger partial charge >= 0.3 is 0 Å². The van der Waals surface area contributed by atoms with Crippen LogP contribution in [-0.4, -0.2) is 23.8 Å². The number of rotatable bonds is 0. The molecular formula is C11H16O3. The van der Waals surface area contributed by atoms with Crippen molar-refractivity contribution in [3.63, 3.8) is 0 Å². The second kappa shape index (κ2) is 3.04. The molecule has 1 heterocycles. The van der Waals surface area contributed by atoms with Crippen LogP contribution >= 0.6 is 0 Å². The highest BCUT2D eigenvalue weighted by Crippen LogP contribution is 2.44. The normalized spacial score (nSPS) is 40.4. The molecule has 0 N–H and O–H groups in total. The molecule has 2 saturated carbocycles. The van der Waals surface area contributed by atoms with E-state index in [9.17, 15) is 4.79 Å². The van der Waals surface area contributed by atoms with Crippen molar-refractivity contribution in [1.29, 1.82) is 0 Å². The lowest BCUT2D eigenvalue weighted by molar-refractivity contribution is -0.198. The topological polar surface area (TPSA) is 35.5 Å². The molecule has 3 aliphatic rings. The largest absolute Gasteiger partial charge is 0.343 e. The molecule has 3 nitrogen and oxygen atoms in total. The van der Waals surface area contributed by atoms with Gasteiger partial charge in [-0.05, 0) is 19.3 Å². The molecule has 0 amide bonds. The first-order valence-corrected chi connectivity index (χ1v) is 5.67. The monoisotopic (exact) mass is 196 g/mol. The number of ether oxygens (including phenoxy) is 2. The number of fused-ring (bicyclic) bond motifs is 1. The Kier molecular flexibility index (Phi) is 1.92. The molecule has 14 heavy (non-hydrogen) atoms. The van der Waals surface area contributed by atoms with Crippen molar-refractivity contribution in [3.05, 3.63) is 0 Å². The fourth-order valence-electron chi connectivity index (χ4n) is 2.91. The fourth-order valence-corrected chi connectivity index (χ4v) is 2.91. The van der Waals surface area contributed by atoms with Gasteiger partial charge in [0.2, 0.25) is 0 Å². The Labute approximate surface area is 83.8 Å². The summed E-state index contributed by atoms with van der Waals surface area (Å²) in [6.45, 7) is 0. The van der Waals surface area contributed by atoms with Crippen LogP contribution < -0.4 is 0 Å². The molecule has 0 aromatic carbocycles. The van der Waals surface area contributed by atoms with Gasteiger partial charge in [-0.3, -0.25) is 4.79 Å². The van der Waals surface area contributed by atoms with Crippen molar-refractivity contribution in [2.24, 2.45) is 0 Å². The molecule has 3 heteroatoms. The van der Waals surface area contributed by atoms with E-state index in [0.29, 0.717) is 6.42 Å². The summed E-state index contributed by atoms with van der Waals surface area (Å²) in [5.41, 5.74) is 0. The number of ketones is 1. The zero-order chi connectivity index (χ0) is 9.60. The SMILES string of the molecule is O=C1CC[C@@H]2OC3(CCCCC3)O[C@H]12. The zero-order valence-corrected chi connectivity index (χ0v) is 8.33. The maximum absolute atomic E-state index is 11.5. The van der Waals surface area contributed by atoms with Crippen molar-refractivity contribution >= 4 is 5.78 Å². The molecule has 0 bridgehead atoms. The molecule has 1 saturated heterocycles. The maximum Gasteiger partial charge on any atom is 0.169 e. The molecule has 0 aromatic heterocycles. The summed E-state index contributed by atoms with van der Waals surface area (Å²) in [5, 5.41) is 0. The molecule has 0 unspecified atom stereocenters. The maximum atomic E-state index is 11.5. The lowest BCUT2D eigenvalue weighted by Crippen LogP contribution is -2.34. The summed E-state index contributed by atoms with van der Waals surface area (Å²) in [7, 11) is 0. The van der Waals surface area contributed by atoms with Crippen LogP contribution in [0.4, 0.5) is 0 Å². The number of carbonyl (C=O) groups is 1. The van der Waals surface area contributed by atoms with E-state index >= 15 is 0 Å². The molecule has 0 radical (unpaired) electrons. The predicted octanol–water partition coefficient (Wildman–Crippen LogP) is 1.79. The average Bonchev–Trinajstić information content (AvgIpc) is 2.68. The van der Waals surface area contributed by atoms with Crippen molar-refractivity contribution < 1.29 is 14.3 Å². The standard InChI is InChI=1S/C11H16O3/c12-8-4-5-9-10(8)14-11(13-9)6-2-1-3-7-11/h9-10H,1-7H2/t9-,10+/m0/s1. The lowest BCUT2D eigenvalue weighted by Gasteiger charge is -2.32. The van der Waals surface area contributed by atoms with Gasteiger partial charge in [0.15, 0.2) is 11.6 Å². The predicted molar refractivity (Wildman–Crippen MR) is 49.8 cm³/mol. The number of carbonyl (C=O) groups excluding carboxylic acids is 1. The van der Waals surface area contributed by atoms with Gasteiger partial charge < -0.3 is 9.47 Å². The van der Waals surface area contributed by atoms with E-state index in [0.717, 1.165) is 19.3 Å². The Morgan fingerprint density at radius 2 is 1.93 bits per heavy atom. The van der Waals surface area contributed by atoms with Gasteiger partial charge in [0.25, 0.3) is 0 Å². The second-order valence-corrected chi connectivity index (χ2v) is 4.67. The van der Waals surface area contributed by atoms with Crippen LogP contribution in [0.2, 0.25) is 0 Å². The smallest absolute Gasteiger partial charge is 0.169 e. The quantitative estimate of drug-likeness (QED) is 0.592. The summed E-state index contributed by atoms with van der Waals surface area (Å²) in [6.07, 6.45) is 6.93. The Morgan fingerprint density at radius 3 is 2.64 bits per heavy atom. The van der Waals surface area contributed by atoms with Crippen LogP contribution in [-0.2, 0) is 14.3 Å². The van der Waals surface area contributed by atoms with Crippen LogP contribution in [0.3, 0.4) is 0 Å². The molecule has 1 aliphatic heterocycles. The summed E-state index contributed by atoms with van der Waals surface area (Å²) < 4.78 is 11.8. The Balaban J connectivity index is 1.77. The van der Waals surface area contributed by atoms with Crippen LogP contribution in [0, 0.1) is 0 Å². The highest BCUT2D eigenvalue weighted by Gasteiger charge is 2.52. The molecule has 2 aliphatic carbocycles. The Bertz CT molecular complexity index is 255. The minimum absolute atomic E-state index is 0.0700. The summed E-state index contributed by atoms with van der Waals surface area (Å²) in [4.78, 5) is 11.5. The van der Waals surface area contributed by atoms with Crippen LogP contribution in [0.15, 0.2) is 0 Å². The minimum Gasteiger partial charge on any atom is -0.343 e. The second-order valence-electron chi connectivity index (χ2n) is 4.67. The van der Waals surface area contributed by atoms with Gasteiger partial charge in [0.05, 0.1) is 6.10 Å². The van der Waals surface area contributed by atoms with Crippen molar-refractivity contribution in [2.75, 3.05) is 0 Å². The van der Waals surface area contributed by atoms with Crippen LogP contribution in [0.25, 0.3) is 0 Å². The van der Waals surface area contributed by atoms with E-state index in [4.69, 9.17) is 9.47 Å². The van der Waals surface area contributed by atoms with Crippen molar-refractivity contribution in [2.45, 2.75) is 62.9 Å². The molecule has 78 valence electrons. The third kappa shape index (κ3) is 1.22. The third-order valence-corrected chi connectivity index (χ3v) is 3.65. The Hall–Kier alpha value is -0.410. The van der Waals surface area contributed by atoms with Crippen LogP contribution in [0.1, 0.15) is 44.9 Å². The van der Waals surface area contributed by atoms with E-state index in [2.05, 4.69) is 0 Å². The minimum atomic E-state index is -0.371. The average molecular weight is 196 g/mol. The van der Waals surface area contributed by atoms with E-state index in [1.807, 2.05) is 0 Å². The highest BCUT2D eigenvalue weighted by atomic mass is 16.8. The van der Waals surface area contributed by atoms with E-state index in [-0.39, 0.29) is 23.8 Å². The van der Waals surface area contributed by atoms with Gasteiger partial charge in [-0.2, -0.15) is 0 Å². The Morgan fingerprint density at radius 1 is 1.14 bits per heavy atom. The van der Waals surface area contributed by atoms with Gasteiger partial charge in [-0.1, -0.05) is 6.42 Å². The molecule has 3 rings (SSSR count). The number of hydrogen-bond acceptors (Lipinski definition) is 3. The number of Topliss-reactive ketones (excluding diaryl/α,β-unsaturated/α-hetero) is 1. The summed E-state index contributed by atoms with van der Waals surface area (Å²) in [6, 6.07) is 0. The van der Waals surface area contributed by atoms with E-state index in [1.54, 1.807) is 0 Å². The fraction of sp³-hybridized carbons (Fsp3) is 0.909. The van der Waals surface area contributed by atoms with E-state index in [1.165, 1.54) is 19.3 Å². The zero-order valence-electron chi connectivity index (χ0n) is 8.33. The summed E-state index contributed by atoms with van der Waals surface area (Å²) in [5.74, 6) is -0.124. The highest BCUT2D eigenvalue weighted by molar-refractivity contribution is 5.86.